The lowest BCUT2D eigenvalue weighted by atomic mass is 10.0. The molecule has 0 radical (unpaired) electrons. The van der Waals surface area contributed by atoms with Crippen LogP contribution in [0.25, 0.3) is 0 Å². The lowest BCUT2D eigenvalue weighted by molar-refractivity contribution is 0.0572. The number of likely N-dealkylation sites (N-methyl/N-ethyl adjacent to an activating group) is 1. The maximum atomic E-state index is 12.8. The second-order valence-corrected chi connectivity index (χ2v) is 5.64. The monoisotopic (exact) mass is 285 g/mol. The number of benzene rings is 1. The predicted octanol–water partition coefficient (Wildman–Crippen LogP) is 1.08. The van der Waals surface area contributed by atoms with Crippen LogP contribution in [0.5, 0.6) is 0 Å². The number of nitrogens with two attached hydrogens (primary N) is 1. The number of aryl methyl sites for hydroxylation is 1. The van der Waals surface area contributed by atoms with Gasteiger partial charge in [-0.3, -0.25) is 4.79 Å². The zero-order chi connectivity index (χ0) is 15.4. The molecule has 1 aliphatic heterocycles. The number of nitrogens with zero attached hydrogens (tertiary/aromatic N) is 2. The van der Waals surface area contributed by atoms with E-state index < -0.39 is 0 Å². The normalized spacial score (nSPS) is 19.0. The summed E-state index contributed by atoms with van der Waals surface area (Å²) in [6, 6.07) is 6.19. The maximum Gasteiger partial charge on any atom is 0.255 e. The van der Waals surface area contributed by atoms with Gasteiger partial charge in [0.15, 0.2) is 0 Å². The number of carbonyl (C=O) groups excluding carboxylic acids is 1. The van der Waals surface area contributed by atoms with Crippen molar-refractivity contribution in [2.24, 2.45) is 5.73 Å². The third kappa shape index (κ3) is 3.63. The van der Waals surface area contributed by atoms with Crippen molar-refractivity contribution in [1.29, 1.82) is 0 Å². The first-order valence-electron chi connectivity index (χ1n) is 7.32. The summed E-state index contributed by atoms with van der Waals surface area (Å²) in [5.41, 5.74) is 7.96. The summed E-state index contributed by atoms with van der Waals surface area (Å²) < 4.78 is 0. The highest BCUT2D eigenvalue weighted by Crippen LogP contribution is 2.16. The van der Waals surface area contributed by atoms with E-state index in [1.54, 1.807) is 0 Å². The molecule has 1 aliphatic rings. The molecule has 0 aliphatic carbocycles. The average Bonchev–Trinajstić information content (AvgIpc) is 2.48. The molecular weight excluding hydrogens is 262 g/mol. The smallest absolute Gasteiger partial charge is 0.255 e. The third-order valence-corrected chi connectivity index (χ3v) is 3.98. The van der Waals surface area contributed by atoms with Crippen LogP contribution in [0, 0.1) is 18.8 Å². The molecule has 1 aromatic rings. The van der Waals surface area contributed by atoms with Crippen LogP contribution in [0.2, 0.25) is 0 Å². The predicted molar refractivity (Wildman–Crippen MR) is 85.1 cm³/mol. The van der Waals surface area contributed by atoms with Gasteiger partial charge in [-0.1, -0.05) is 23.5 Å². The van der Waals surface area contributed by atoms with Gasteiger partial charge in [0.2, 0.25) is 0 Å². The molecule has 4 heteroatoms. The first-order chi connectivity index (χ1) is 10.0. The van der Waals surface area contributed by atoms with Gasteiger partial charge in [-0.25, -0.2) is 0 Å². The molecule has 0 bridgehead atoms. The molecule has 0 spiro atoms. The number of hydrogen-bond acceptors (Lipinski definition) is 3. The number of hydrogen-bond donors (Lipinski definition) is 1. The van der Waals surface area contributed by atoms with E-state index in [1.807, 2.05) is 30.0 Å². The fourth-order valence-electron chi connectivity index (χ4n) is 2.49. The molecule has 4 nitrogen and oxygen atoms in total. The van der Waals surface area contributed by atoms with E-state index in [4.69, 9.17) is 5.73 Å². The molecule has 0 aromatic heterocycles. The average molecular weight is 285 g/mol. The van der Waals surface area contributed by atoms with Gasteiger partial charge in [0.05, 0.1) is 12.1 Å². The molecule has 1 unspecified atom stereocenters. The Bertz CT molecular complexity index is 585. The van der Waals surface area contributed by atoms with Crippen molar-refractivity contribution >= 4 is 5.91 Å². The number of carbonyl (C=O) groups is 1. The second-order valence-electron chi connectivity index (χ2n) is 5.64. The summed E-state index contributed by atoms with van der Waals surface area (Å²) in [6.45, 7) is 6.86. The highest BCUT2D eigenvalue weighted by Gasteiger charge is 2.26. The van der Waals surface area contributed by atoms with Gasteiger partial charge >= 0.3 is 0 Å². The minimum atomic E-state index is 0.0694. The minimum Gasteiger partial charge on any atom is -0.336 e. The fourth-order valence-corrected chi connectivity index (χ4v) is 2.49. The molecular formula is C17H23N3O. The van der Waals surface area contributed by atoms with Gasteiger partial charge in [0.25, 0.3) is 5.91 Å². The van der Waals surface area contributed by atoms with E-state index in [0.29, 0.717) is 18.2 Å². The minimum absolute atomic E-state index is 0.0694. The highest BCUT2D eigenvalue weighted by atomic mass is 16.2. The molecule has 112 valence electrons. The van der Waals surface area contributed by atoms with Crippen LogP contribution in [0.4, 0.5) is 0 Å². The quantitative estimate of drug-likeness (QED) is 0.786. The Morgan fingerprint density at radius 3 is 2.86 bits per heavy atom. The van der Waals surface area contributed by atoms with E-state index in [9.17, 15) is 4.79 Å². The Labute approximate surface area is 126 Å². The molecule has 1 amide bonds. The zero-order valence-corrected chi connectivity index (χ0v) is 13.0. The third-order valence-electron chi connectivity index (χ3n) is 3.98. The van der Waals surface area contributed by atoms with E-state index in [-0.39, 0.29) is 5.91 Å². The van der Waals surface area contributed by atoms with Crippen molar-refractivity contribution in [2.45, 2.75) is 19.9 Å². The van der Waals surface area contributed by atoms with E-state index in [0.717, 1.165) is 30.8 Å². The standard InChI is InChI=1S/C17H23N3O/c1-13-6-7-15(5-4-8-18)16(11-13)17(21)20-10-9-19(3)14(2)12-20/h6-7,11,14H,8-10,12,18H2,1-3H3. The lowest BCUT2D eigenvalue weighted by Gasteiger charge is -2.37. The molecule has 0 saturated carbocycles. The summed E-state index contributed by atoms with van der Waals surface area (Å²) in [5, 5.41) is 0. The van der Waals surface area contributed by atoms with Gasteiger partial charge < -0.3 is 15.5 Å². The van der Waals surface area contributed by atoms with Crippen LogP contribution in [0.15, 0.2) is 18.2 Å². The van der Waals surface area contributed by atoms with Gasteiger partial charge in [-0.2, -0.15) is 0 Å². The summed E-state index contributed by atoms with van der Waals surface area (Å²) in [7, 11) is 2.09. The molecule has 1 fully saturated rings. The van der Waals surface area contributed by atoms with E-state index in [1.165, 1.54) is 0 Å². The molecule has 1 saturated heterocycles. The van der Waals surface area contributed by atoms with Crippen LogP contribution < -0.4 is 5.73 Å². The van der Waals surface area contributed by atoms with Crippen molar-refractivity contribution < 1.29 is 4.79 Å². The van der Waals surface area contributed by atoms with Gasteiger partial charge in [0, 0.05) is 31.2 Å². The summed E-state index contributed by atoms with van der Waals surface area (Å²) in [5.74, 6) is 5.91. The summed E-state index contributed by atoms with van der Waals surface area (Å²) >= 11 is 0. The molecule has 2 rings (SSSR count). The topological polar surface area (TPSA) is 49.6 Å². The largest absolute Gasteiger partial charge is 0.336 e. The lowest BCUT2D eigenvalue weighted by Crippen LogP contribution is -2.52. The Hall–Kier alpha value is -1.83. The summed E-state index contributed by atoms with van der Waals surface area (Å²) in [6.07, 6.45) is 0. The molecule has 1 aromatic carbocycles. The molecule has 1 atom stereocenters. The van der Waals surface area contributed by atoms with Crippen molar-refractivity contribution in [2.75, 3.05) is 33.2 Å². The number of piperazine rings is 1. The number of rotatable bonds is 1. The van der Waals surface area contributed by atoms with Crippen LogP contribution in [-0.4, -0.2) is 55.0 Å². The van der Waals surface area contributed by atoms with Crippen molar-refractivity contribution in [1.82, 2.24) is 9.80 Å². The molecule has 21 heavy (non-hydrogen) atoms. The maximum absolute atomic E-state index is 12.8. The van der Waals surface area contributed by atoms with Crippen LogP contribution in [-0.2, 0) is 0 Å². The van der Waals surface area contributed by atoms with Gasteiger partial charge in [-0.05, 0) is 33.0 Å². The zero-order valence-electron chi connectivity index (χ0n) is 13.0. The fraction of sp³-hybridized carbons (Fsp3) is 0.471. The van der Waals surface area contributed by atoms with Gasteiger partial charge in [-0.15, -0.1) is 0 Å². The van der Waals surface area contributed by atoms with Gasteiger partial charge in [0.1, 0.15) is 0 Å². The van der Waals surface area contributed by atoms with Crippen molar-refractivity contribution in [3.8, 4) is 11.8 Å². The SMILES string of the molecule is Cc1ccc(C#CCN)c(C(=O)N2CCN(C)C(C)C2)c1. The number of amides is 1. The van der Waals surface area contributed by atoms with E-state index >= 15 is 0 Å². The van der Waals surface area contributed by atoms with Crippen LogP contribution in [0.1, 0.15) is 28.4 Å². The van der Waals surface area contributed by atoms with Crippen LogP contribution in [0.3, 0.4) is 0 Å². The van der Waals surface area contributed by atoms with Crippen molar-refractivity contribution in [3.63, 3.8) is 0 Å². The Balaban J connectivity index is 2.28. The molecule has 2 N–H and O–H groups in total. The first-order valence-corrected chi connectivity index (χ1v) is 7.32. The Morgan fingerprint density at radius 1 is 1.43 bits per heavy atom. The molecule has 1 heterocycles. The first kappa shape index (κ1) is 15.6. The van der Waals surface area contributed by atoms with Crippen LogP contribution >= 0.6 is 0 Å². The Morgan fingerprint density at radius 2 is 2.19 bits per heavy atom. The summed E-state index contributed by atoms with van der Waals surface area (Å²) in [4.78, 5) is 17.0. The second kappa shape index (κ2) is 6.75. The van der Waals surface area contributed by atoms with E-state index in [2.05, 4.69) is 30.7 Å². The van der Waals surface area contributed by atoms with Crippen molar-refractivity contribution in [3.05, 3.63) is 34.9 Å². The Kier molecular flexibility index (Phi) is 5.00. The highest BCUT2D eigenvalue weighted by molar-refractivity contribution is 5.97.